The summed E-state index contributed by atoms with van der Waals surface area (Å²) >= 11 is 0. The van der Waals surface area contributed by atoms with E-state index in [0.29, 0.717) is 11.7 Å². The molecule has 3 unspecified atom stereocenters. The Labute approximate surface area is 126 Å². The predicted octanol–water partition coefficient (Wildman–Crippen LogP) is 3.37. The molecule has 1 aliphatic heterocycles. The van der Waals surface area contributed by atoms with Crippen LogP contribution in [0, 0.1) is 11.3 Å². The Morgan fingerprint density at radius 2 is 1.90 bits per heavy atom. The first-order chi connectivity index (χ1) is 9.93. The van der Waals surface area contributed by atoms with Gasteiger partial charge in [-0.3, -0.25) is 0 Å². The third-order valence-electron chi connectivity index (χ3n) is 4.61. The molecule has 1 heterocycles. The first-order valence-electron chi connectivity index (χ1n) is 7.68. The SMILES string of the molecule is CC(C)(C)C1CCC(O)C(Oc2ccc3c(c2)OCO3)C1. The standard InChI is InChI=1S/C17H24O4/c1-17(2,3)11-4-6-13(18)15(8-11)21-12-5-7-14-16(9-12)20-10-19-14/h5,7,9,11,13,15,18H,4,6,8,10H2,1-3H3. The maximum atomic E-state index is 10.2. The van der Waals surface area contributed by atoms with Gasteiger partial charge in [0.25, 0.3) is 0 Å². The summed E-state index contributed by atoms with van der Waals surface area (Å²) in [7, 11) is 0. The molecule has 1 fully saturated rings. The van der Waals surface area contributed by atoms with E-state index in [1.165, 1.54) is 0 Å². The average molecular weight is 292 g/mol. The molecule has 1 N–H and O–H groups in total. The fourth-order valence-corrected chi connectivity index (χ4v) is 3.15. The van der Waals surface area contributed by atoms with Crippen molar-refractivity contribution >= 4 is 0 Å². The summed E-state index contributed by atoms with van der Waals surface area (Å²) < 4.78 is 16.7. The van der Waals surface area contributed by atoms with Crippen LogP contribution in [0.3, 0.4) is 0 Å². The summed E-state index contributed by atoms with van der Waals surface area (Å²) in [4.78, 5) is 0. The topological polar surface area (TPSA) is 47.9 Å². The molecule has 0 amide bonds. The number of hydrogen-bond donors (Lipinski definition) is 1. The molecule has 21 heavy (non-hydrogen) atoms. The maximum Gasteiger partial charge on any atom is 0.231 e. The number of fused-ring (bicyclic) bond motifs is 1. The lowest BCUT2D eigenvalue weighted by Gasteiger charge is -2.39. The maximum absolute atomic E-state index is 10.2. The normalized spacial score (nSPS) is 28.5. The van der Waals surface area contributed by atoms with Gasteiger partial charge in [0, 0.05) is 6.07 Å². The second-order valence-electron chi connectivity index (χ2n) is 7.11. The number of aliphatic hydroxyl groups excluding tert-OH is 1. The van der Waals surface area contributed by atoms with Crippen LogP contribution in [0.5, 0.6) is 17.2 Å². The number of rotatable bonds is 2. The van der Waals surface area contributed by atoms with Gasteiger partial charge in [0.2, 0.25) is 6.79 Å². The molecule has 1 saturated carbocycles. The van der Waals surface area contributed by atoms with Crippen molar-refractivity contribution in [3.05, 3.63) is 18.2 Å². The van der Waals surface area contributed by atoms with Crippen molar-refractivity contribution in [1.29, 1.82) is 0 Å². The Morgan fingerprint density at radius 1 is 1.14 bits per heavy atom. The van der Waals surface area contributed by atoms with Gasteiger partial charge in [-0.25, -0.2) is 0 Å². The number of benzene rings is 1. The lowest BCUT2D eigenvalue weighted by atomic mass is 9.71. The summed E-state index contributed by atoms with van der Waals surface area (Å²) in [6.07, 6.45) is 2.21. The van der Waals surface area contributed by atoms with E-state index >= 15 is 0 Å². The second-order valence-corrected chi connectivity index (χ2v) is 7.11. The Bertz CT molecular complexity index is 506. The Balaban J connectivity index is 1.70. The van der Waals surface area contributed by atoms with Crippen LogP contribution in [-0.2, 0) is 0 Å². The Kier molecular flexibility index (Phi) is 3.74. The lowest BCUT2D eigenvalue weighted by Crippen LogP contribution is -2.41. The third-order valence-corrected chi connectivity index (χ3v) is 4.61. The van der Waals surface area contributed by atoms with Crippen LogP contribution in [0.4, 0.5) is 0 Å². The van der Waals surface area contributed by atoms with E-state index in [4.69, 9.17) is 14.2 Å². The average Bonchev–Trinajstić information content (AvgIpc) is 2.87. The highest BCUT2D eigenvalue weighted by Crippen LogP contribution is 2.40. The molecule has 1 aromatic rings. The summed E-state index contributed by atoms with van der Waals surface area (Å²) in [5.41, 5.74) is 0.247. The highest BCUT2D eigenvalue weighted by molar-refractivity contribution is 5.46. The molecule has 4 nitrogen and oxygen atoms in total. The number of hydrogen-bond acceptors (Lipinski definition) is 4. The van der Waals surface area contributed by atoms with E-state index in [9.17, 15) is 5.11 Å². The molecule has 4 heteroatoms. The third kappa shape index (κ3) is 3.10. The van der Waals surface area contributed by atoms with E-state index in [0.717, 1.165) is 30.8 Å². The molecule has 1 aromatic carbocycles. The first kappa shape index (κ1) is 14.5. The van der Waals surface area contributed by atoms with Crippen molar-refractivity contribution in [1.82, 2.24) is 0 Å². The largest absolute Gasteiger partial charge is 0.488 e. The lowest BCUT2D eigenvalue weighted by molar-refractivity contribution is -0.0298. The highest BCUT2D eigenvalue weighted by atomic mass is 16.7. The van der Waals surface area contributed by atoms with Crippen molar-refractivity contribution < 1.29 is 19.3 Å². The van der Waals surface area contributed by atoms with Gasteiger partial charge in [0.05, 0.1) is 6.10 Å². The molecule has 0 spiro atoms. The molecule has 3 rings (SSSR count). The van der Waals surface area contributed by atoms with Crippen LogP contribution in [0.25, 0.3) is 0 Å². The zero-order valence-corrected chi connectivity index (χ0v) is 13.0. The number of aliphatic hydroxyl groups is 1. The number of ether oxygens (including phenoxy) is 3. The minimum Gasteiger partial charge on any atom is -0.488 e. The van der Waals surface area contributed by atoms with Gasteiger partial charge >= 0.3 is 0 Å². The van der Waals surface area contributed by atoms with E-state index < -0.39 is 6.10 Å². The van der Waals surface area contributed by atoms with Crippen LogP contribution < -0.4 is 14.2 Å². The molecule has 0 aromatic heterocycles. The van der Waals surface area contributed by atoms with Gasteiger partial charge in [-0.05, 0) is 42.7 Å². The summed E-state index contributed by atoms with van der Waals surface area (Å²) in [6.45, 7) is 7.03. The summed E-state index contributed by atoms with van der Waals surface area (Å²) in [5.74, 6) is 2.77. The molecular formula is C17H24O4. The Morgan fingerprint density at radius 3 is 2.67 bits per heavy atom. The molecular weight excluding hydrogens is 268 g/mol. The summed E-state index contributed by atoms with van der Waals surface area (Å²) in [5, 5.41) is 10.2. The first-order valence-corrected chi connectivity index (χ1v) is 7.68. The van der Waals surface area contributed by atoms with Crippen LogP contribution in [0.2, 0.25) is 0 Å². The Hall–Kier alpha value is -1.42. The fourth-order valence-electron chi connectivity index (χ4n) is 3.15. The van der Waals surface area contributed by atoms with Crippen LogP contribution >= 0.6 is 0 Å². The van der Waals surface area contributed by atoms with Gasteiger partial charge in [0.15, 0.2) is 11.5 Å². The summed E-state index contributed by atoms with van der Waals surface area (Å²) in [6, 6.07) is 5.57. The second kappa shape index (κ2) is 5.41. The van der Waals surface area contributed by atoms with E-state index in [2.05, 4.69) is 20.8 Å². The van der Waals surface area contributed by atoms with Gasteiger partial charge in [-0.2, -0.15) is 0 Å². The molecule has 0 radical (unpaired) electrons. The van der Waals surface area contributed by atoms with Crippen molar-refractivity contribution in [2.45, 2.75) is 52.2 Å². The van der Waals surface area contributed by atoms with Crippen LogP contribution in [-0.4, -0.2) is 24.1 Å². The quantitative estimate of drug-likeness (QED) is 0.908. The van der Waals surface area contributed by atoms with E-state index in [-0.39, 0.29) is 18.3 Å². The van der Waals surface area contributed by atoms with E-state index in [1.54, 1.807) is 0 Å². The molecule has 1 aliphatic carbocycles. The molecule has 3 atom stereocenters. The zero-order valence-electron chi connectivity index (χ0n) is 13.0. The van der Waals surface area contributed by atoms with E-state index in [1.807, 2.05) is 18.2 Å². The monoisotopic (exact) mass is 292 g/mol. The van der Waals surface area contributed by atoms with Gasteiger partial charge in [-0.1, -0.05) is 20.8 Å². The van der Waals surface area contributed by atoms with Crippen molar-refractivity contribution in [2.24, 2.45) is 11.3 Å². The smallest absolute Gasteiger partial charge is 0.231 e. The molecule has 116 valence electrons. The minimum atomic E-state index is -0.394. The fraction of sp³-hybridized carbons (Fsp3) is 0.647. The van der Waals surface area contributed by atoms with Gasteiger partial charge in [0.1, 0.15) is 11.9 Å². The van der Waals surface area contributed by atoms with Crippen molar-refractivity contribution in [3.63, 3.8) is 0 Å². The van der Waals surface area contributed by atoms with Crippen LogP contribution in [0.1, 0.15) is 40.0 Å². The van der Waals surface area contributed by atoms with Gasteiger partial charge < -0.3 is 19.3 Å². The molecule has 0 saturated heterocycles. The zero-order chi connectivity index (χ0) is 15.0. The predicted molar refractivity (Wildman–Crippen MR) is 79.8 cm³/mol. The van der Waals surface area contributed by atoms with Crippen LogP contribution in [0.15, 0.2) is 18.2 Å². The van der Waals surface area contributed by atoms with Gasteiger partial charge in [-0.15, -0.1) is 0 Å². The van der Waals surface area contributed by atoms with Crippen molar-refractivity contribution in [2.75, 3.05) is 6.79 Å². The van der Waals surface area contributed by atoms with Crippen molar-refractivity contribution in [3.8, 4) is 17.2 Å². The molecule has 2 aliphatic rings. The minimum absolute atomic E-state index is 0.150. The molecule has 0 bridgehead atoms. The highest BCUT2D eigenvalue weighted by Gasteiger charge is 2.36.